The Morgan fingerprint density at radius 2 is 1.56 bits per heavy atom. The number of hydrogen-bond donors (Lipinski definition) is 0. The van der Waals surface area contributed by atoms with Crippen LogP contribution < -0.4 is 9.47 Å². The van der Waals surface area contributed by atoms with Gasteiger partial charge in [-0.05, 0) is 36.4 Å². The quantitative estimate of drug-likeness (QED) is 0.827. The minimum atomic E-state index is -0.494. The molecule has 1 heterocycles. The zero-order valence-corrected chi connectivity index (χ0v) is 15.3. The second-order valence-corrected chi connectivity index (χ2v) is 6.16. The molecule has 0 aliphatic carbocycles. The van der Waals surface area contributed by atoms with E-state index in [9.17, 15) is 14.0 Å². The first kappa shape index (κ1) is 18.7. The SMILES string of the molecule is COc1cccc(C(=O)N2CCN(C(=O)c3cc(F)ccc3OC)CC2)c1. The number of ether oxygens (including phenoxy) is 2. The van der Waals surface area contributed by atoms with Crippen molar-refractivity contribution in [2.75, 3.05) is 40.4 Å². The summed E-state index contributed by atoms with van der Waals surface area (Å²) in [4.78, 5) is 28.7. The van der Waals surface area contributed by atoms with Crippen molar-refractivity contribution >= 4 is 11.8 Å². The van der Waals surface area contributed by atoms with Crippen molar-refractivity contribution in [1.82, 2.24) is 9.80 Å². The van der Waals surface area contributed by atoms with Crippen LogP contribution in [0.1, 0.15) is 20.7 Å². The number of hydrogen-bond acceptors (Lipinski definition) is 4. The summed E-state index contributed by atoms with van der Waals surface area (Å²) < 4.78 is 23.9. The number of halogens is 1. The molecule has 0 unspecified atom stereocenters. The summed E-state index contributed by atoms with van der Waals surface area (Å²) in [6.07, 6.45) is 0. The Morgan fingerprint density at radius 1 is 0.889 bits per heavy atom. The standard InChI is InChI=1S/C20H21FN2O4/c1-26-16-5-3-4-14(12-16)19(24)22-8-10-23(11-9-22)20(25)17-13-15(21)6-7-18(17)27-2/h3-7,12-13H,8-11H2,1-2H3. The molecule has 1 saturated heterocycles. The van der Waals surface area contributed by atoms with Crippen LogP contribution in [0.5, 0.6) is 11.5 Å². The summed E-state index contributed by atoms with van der Waals surface area (Å²) in [6.45, 7) is 1.54. The van der Waals surface area contributed by atoms with E-state index in [1.807, 2.05) is 0 Å². The Labute approximate surface area is 157 Å². The second-order valence-electron chi connectivity index (χ2n) is 6.16. The van der Waals surface area contributed by atoms with E-state index in [1.165, 1.54) is 25.3 Å². The molecule has 7 heteroatoms. The van der Waals surface area contributed by atoms with Crippen molar-refractivity contribution in [3.8, 4) is 11.5 Å². The Morgan fingerprint density at radius 3 is 2.19 bits per heavy atom. The van der Waals surface area contributed by atoms with Crippen molar-refractivity contribution in [3.63, 3.8) is 0 Å². The minimum absolute atomic E-state index is 0.107. The molecule has 0 aromatic heterocycles. The molecule has 1 aliphatic rings. The van der Waals surface area contributed by atoms with Crippen molar-refractivity contribution in [3.05, 3.63) is 59.4 Å². The van der Waals surface area contributed by atoms with Crippen LogP contribution in [-0.2, 0) is 0 Å². The first-order valence-electron chi connectivity index (χ1n) is 8.59. The topological polar surface area (TPSA) is 59.1 Å². The van der Waals surface area contributed by atoms with Gasteiger partial charge in [-0.15, -0.1) is 0 Å². The van der Waals surface area contributed by atoms with Gasteiger partial charge in [-0.3, -0.25) is 9.59 Å². The molecule has 2 amide bonds. The number of carbonyl (C=O) groups excluding carboxylic acids is 2. The number of carbonyl (C=O) groups is 2. The van der Waals surface area contributed by atoms with E-state index in [0.29, 0.717) is 43.2 Å². The molecule has 142 valence electrons. The molecule has 0 radical (unpaired) electrons. The van der Waals surface area contributed by atoms with Gasteiger partial charge in [-0.2, -0.15) is 0 Å². The Hall–Kier alpha value is -3.09. The largest absolute Gasteiger partial charge is 0.497 e. The first-order chi connectivity index (χ1) is 13.0. The third-order valence-electron chi connectivity index (χ3n) is 4.56. The summed E-state index contributed by atoms with van der Waals surface area (Å²) in [5, 5.41) is 0. The fraction of sp³-hybridized carbons (Fsp3) is 0.300. The number of nitrogens with zero attached hydrogens (tertiary/aromatic N) is 2. The van der Waals surface area contributed by atoms with E-state index in [4.69, 9.17) is 9.47 Å². The first-order valence-corrected chi connectivity index (χ1v) is 8.59. The maximum absolute atomic E-state index is 13.5. The number of piperazine rings is 1. The highest BCUT2D eigenvalue weighted by atomic mass is 19.1. The van der Waals surface area contributed by atoms with Gasteiger partial charge in [0.15, 0.2) is 0 Å². The van der Waals surface area contributed by atoms with E-state index in [2.05, 4.69) is 0 Å². The summed E-state index contributed by atoms with van der Waals surface area (Å²) in [6, 6.07) is 10.8. The third kappa shape index (κ3) is 4.02. The summed E-state index contributed by atoms with van der Waals surface area (Å²) in [5.41, 5.74) is 0.728. The van der Waals surface area contributed by atoms with Crippen molar-refractivity contribution < 1.29 is 23.5 Å². The molecule has 0 bridgehead atoms. The van der Waals surface area contributed by atoms with Crippen LogP contribution in [0.4, 0.5) is 4.39 Å². The lowest BCUT2D eigenvalue weighted by Crippen LogP contribution is -2.50. The molecule has 6 nitrogen and oxygen atoms in total. The van der Waals surface area contributed by atoms with Gasteiger partial charge >= 0.3 is 0 Å². The molecule has 0 saturated carbocycles. The van der Waals surface area contributed by atoms with Crippen molar-refractivity contribution in [2.24, 2.45) is 0 Å². The van der Waals surface area contributed by atoms with E-state index in [1.54, 1.807) is 41.2 Å². The van der Waals surface area contributed by atoms with Crippen LogP contribution >= 0.6 is 0 Å². The van der Waals surface area contributed by atoms with E-state index < -0.39 is 5.82 Å². The fourth-order valence-electron chi connectivity index (χ4n) is 3.07. The molecule has 1 aliphatic heterocycles. The lowest BCUT2D eigenvalue weighted by molar-refractivity contribution is 0.0533. The predicted molar refractivity (Wildman–Crippen MR) is 97.8 cm³/mol. The van der Waals surface area contributed by atoms with Gasteiger partial charge in [0.1, 0.15) is 17.3 Å². The smallest absolute Gasteiger partial charge is 0.257 e. The van der Waals surface area contributed by atoms with Crippen LogP contribution in [0.2, 0.25) is 0 Å². The van der Waals surface area contributed by atoms with Gasteiger partial charge in [-0.25, -0.2) is 4.39 Å². The maximum atomic E-state index is 13.5. The molecular weight excluding hydrogens is 351 g/mol. The Balaban J connectivity index is 1.67. The van der Waals surface area contributed by atoms with Crippen LogP contribution in [-0.4, -0.2) is 62.0 Å². The second kappa shape index (κ2) is 8.07. The fourth-order valence-corrected chi connectivity index (χ4v) is 3.07. The van der Waals surface area contributed by atoms with Crippen LogP contribution in [0.25, 0.3) is 0 Å². The van der Waals surface area contributed by atoms with Gasteiger partial charge in [0.2, 0.25) is 0 Å². The van der Waals surface area contributed by atoms with Gasteiger partial charge in [0.25, 0.3) is 11.8 Å². The normalized spacial score (nSPS) is 14.0. The molecule has 2 aromatic rings. The monoisotopic (exact) mass is 372 g/mol. The molecule has 0 N–H and O–H groups in total. The maximum Gasteiger partial charge on any atom is 0.257 e. The lowest BCUT2D eigenvalue weighted by Gasteiger charge is -2.35. The van der Waals surface area contributed by atoms with Gasteiger partial charge < -0.3 is 19.3 Å². The molecular formula is C20H21FN2O4. The number of methoxy groups -OCH3 is 2. The summed E-state index contributed by atoms with van der Waals surface area (Å²) in [7, 11) is 2.99. The number of amides is 2. The van der Waals surface area contributed by atoms with Crippen molar-refractivity contribution in [2.45, 2.75) is 0 Å². The Kier molecular flexibility index (Phi) is 5.59. The Bertz CT molecular complexity index is 848. The summed E-state index contributed by atoms with van der Waals surface area (Å²) in [5.74, 6) is 0.0410. The highest BCUT2D eigenvalue weighted by Gasteiger charge is 2.27. The van der Waals surface area contributed by atoms with E-state index in [-0.39, 0.29) is 17.4 Å². The summed E-state index contributed by atoms with van der Waals surface area (Å²) >= 11 is 0. The van der Waals surface area contributed by atoms with Gasteiger partial charge in [0.05, 0.1) is 19.8 Å². The number of rotatable bonds is 4. The van der Waals surface area contributed by atoms with Gasteiger partial charge in [0, 0.05) is 31.7 Å². The molecule has 2 aromatic carbocycles. The van der Waals surface area contributed by atoms with E-state index in [0.717, 1.165) is 0 Å². The molecule has 27 heavy (non-hydrogen) atoms. The average molecular weight is 372 g/mol. The highest BCUT2D eigenvalue weighted by molar-refractivity contribution is 5.98. The van der Waals surface area contributed by atoms with E-state index >= 15 is 0 Å². The average Bonchev–Trinajstić information content (AvgIpc) is 2.72. The minimum Gasteiger partial charge on any atom is -0.497 e. The van der Waals surface area contributed by atoms with Gasteiger partial charge in [-0.1, -0.05) is 6.07 Å². The van der Waals surface area contributed by atoms with Crippen molar-refractivity contribution in [1.29, 1.82) is 0 Å². The van der Waals surface area contributed by atoms with Crippen LogP contribution in [0.3, 0.4) is 0 Å². The molecule has 1 fully saturated rings. The lowest BCUT2D eigenvalue weighted by atomic mass is 10.1. The molecule has 3 rings (SSSR count). The zero-order valence-electron chi connectivity index (χ0n) is 15.3. The molecule has 0 spiro atoms. The number of benzene rings is 2. The third-order valence-corrected chi connectivity index (χ3v) is 4.56. The van der Waals surface area contributed by atoms with Crippen LogP contribution in [0, 0.1) is 5.82 Å². The highest BCUT2D eigenvalue weighted by Crippen LogP contribution is 2.22. The molecule has 0 atom stereocenters. The predicted octanol–water partition coefficient (Wildman–Crippen LogP) is 2.44. The zero-order chi connectivity index (χ0) is 19.4. The van der Waals surface area contributed by atoms with Crippen LogP contribution in [0.15, 0.2) is 42.5 Å².